The molecule has 0 saturated carbocycles. The Balaban J connectivity index is 2.46. The first-order valence-electron chi connectivity index (χ1n) is 6.71. The van der Waals surface area contributed by atoms with E-state index in [1.54, 1.807) is 17.3 Å². The fourth-order valence-corrected chi connectivity index (χ4v) is 5.09. The van der Waals surface area contributed by atoms with Gasteiger partial charge in [0.05, 0.1) is 4.90 Å². The van der Waals surface area contributed by atoms with E-state index in [0.29, 0.717) is 29.6 Å². The van der Waals surface area contributed by atoms with Crippen molar-refractivity contribution in [3.63, 3.8) is 0 Å². The highest BCUT2D eigenvalue weighted by Gasteiger charge is 2.30. The quantitative estimate of drug-likeness (QED) is 0.787. The summed E-state index contributed by atoms with van der Waals surface area (Å²) in [5.74, 6) is 0.649. The summed E-state index contributed by atoms with van der Waals surface area (Å²) in [6, 6.07) is 3.25. The number of halogens is 2. The molecule has 1 aromatic carbocycles. The average molecular weight is 336 g/mol. The Kier molecular flexibility index (Phi) is 5.00. The summed E-state index contributed by atoms with van der Waals surface area (Å²) in [6.45, 7) is 5.02. The topological polar surface area (TPSA) is 37.4 Å². The van der Waals surface area contributed by atoms with Crippen LogP contribution in [0, 0.1) is 12.8 Å². The van der Waals surface area contributed by atoms with Crippen molar-refractivity contribution < 1.29 is 8.42 Å². The van der Waals surface area contributed by atoms with Crippen molar-refractivity contribution >= 4 is 33.2 Å². The molecule has 2 rings (SSSR count). The van der Waals surface area contributed by atoms with E-state index in [2.05, 4.69) is 6.92 Å². The smallest absolute Gasteiger partial charge is 0.207 e. The lowest BCUT2D eigenvalue weighted by molar-refractivity contribution is 0.281. The van der Waals surface area contributed by atoms with Gasteiger partial charge < -0.3 is 0 Å². The van der Waals surface area contributed by atoms with Crippen LogP contribution in [0.3, 0.4) is 0 Å². The lowest BCUT2D eigenvalue weighted by Crippen LogP contribution is -2.39. The summed E-state index contributed by atoms with van der Waals surface area (Å²) in [5, 5.41) is 0.412. The summed E-state index contributed by atoms with van der Waals surface area (Å²) in [5.41, 5.74) is 1.46. The molecule has 0 amide bonds. The van der Waals surface area contributed by atoms with Crippen LogP contribution in [0.15, 0.2) is 17.0 Å². The predicted molar refractivity (Wildman–Crippen MR) is 82.9 cm³/mol. The molecular formula is C14H19Cl2NO2S. The first kappa shape index (κ1) is 16.1. The standard InChI is InChI=1S/C14H19Cl2NO2S/c1-10-4-3-5-17(9-10)20(18,19)14-7-13(16)6-12(8-15)11(14)2/h6-7,10H,3-5,8-9H2,1-2H3. The summed E-state index contributed by atoms with van der Waals surface area (Å²) >= 11 is 11.9. The Bertz CT molecular complexity index is 601. The number of nitrogens with zero attached hydrogens (tertiary/aromatic N) is 1. The van der Waals surface area contributed by atoms with Crippen LogP contribution in [-0.2, 0) is 15.9 Å². The van der Waals surface area contributed by atoms with Gasteiger partial charge in [-0.2, -0.15) is 4.31 Å². The number of sulfonamides is 1. The molecule has 1 heterocycles. The van der Waals surface area contributed by atoms with E-state index >= 15 is 0 Å². The SMILES string of the molecule is Cc1c(CCl)cc(Cl)cc1S(=O)(=O)N1CCCC(C)C1. The van der Waals surface area contributed by atoms with Crippen LogP contribution in [0.1, 0.15) is 30.9 Å². The minimum atomic E-state index is -3.49. The van der Waals surface area contributed by atoms with Crippen molar-refractivity contribution in [3.05, 3.63) is 28.3 Å². The Morgan fingerprint density at radius 1 is 1.40 bits per heavy atom. The van der Waals surface area contributed by atoms with Crippen LogP contribution in [-0.4, -0.2) is 25.8 Å². The van der Waals surface area contributed by atoms with Crippen LogP contribution in [0.25, 0.3) is 0 Å². The second-order valence-corrected chi connectivity index (χ2v) is 8.04. The van der Waals surface area contributed by atoms with Crippen LogP contribution >= 0.6 is 23.2 Å². The molecule has 0 radical (unpaired) electrons. The summed E-state index contributed by atoms with van der Waals surface area (Å²) in [6.07, 6.45) is 1.98. The van der Waals surface area contributed by atoms with Gasteiger partial charge in [0.1, 0.15) is 0 Å². The maximum absolute atomic E-state index is 12.8. The maximum atomic E-state index is 12.8. The van der Waals surface area contributed by atoms with Gasteiger partial charge in [-0.25, -0.2) is 8.42 Å². The largest absolute Gasteiger partial charge is 0.243 e. The van der Waals surface area contributed by atoms with Gasteiger partial charge in [-0.1, -0.05) is 18.5 Å². The van der Waals surface area contributed by atoms with Gasteiger partial charge in [0.25, 0.3) is 0 Å². The lowest BCUT2D eigenvalue weighted by atomic mass is 10.0. The highest BCUT2D eigenvalue weighted by Crippen LogP contribution is 2.30. The van der Waals surface area contributed by atoms with Crippen molar-refractivity contribution in [3.8, 4) is 0 Å². The van der Waals surface area contributed by atoms with Crippen molar-refractivity contribution in [2.24, 2.45) is 5.92 Å². The Morgan fingerprint density at radius 2 is 2.10 bits per heavy atom. The number of benzene rings is 1. The second-order valence-electron chi connectivity index (χ2n) is 5.43. The lowest BCUT2D eigenvalue weighted by Gasteiger charge is -2.30. The van der Waals surface area contributed by atoms with Crippen molar-refractivity contribution in [1.82, 2.24) is 4.31 Å². The number of rotatable bonds is 3. The molecular weight excluding hydrogens is 317 g/mol. The molecule has 1 saturated heterocycles. The molecule has 6 heteroatoms. The Hall–Kier alpha value is -0.290. The minimum absolute atomic E-state index is 0.255. The monoisotopic (exact) mass is 335 g/mol. The number of hydrogen-bond donors (Lipinski definition) is 0. The summed E-state index contributed by atoms with van der Waals surface area (Å²) in [4.78, 5) is 0.287. The molecule has 0 spiro atoms. The van der Waals surface area contributed by atoms with Crippen molar-refractivity contribution in [2.75, 3.05) is 13.1 Å². The molecule has 0 aromatic heterocycles. The van der Waals surface area contributed by atoms with Gasteiger partial charge >= 0.3 is 0 Å². The molecule has 0 aliphatic carbocycles. The molecule has 3 nitrogen and oxygen atoms in total. The molecule has 1 aromatic rings. The summed E-state index contributed by atoms with van der Waals surface area (Å²) in [7, 11) is -3.49. The molecule has 0 bridgehead atoms. The Labute approximate surface area is 130 Å². The molecule has 1 fully saturated rings. The van der Waals surface area contributed by atoms with E-state index in [4.69, 9.17) is 23.2 Å². The highest BCUT2D eigenvalue weighted by molar-refractivity contribution is 7.89. The van der Waals surface area contributed by atoms with Gasteiger partial charge in [-0.3, -0.25) is 0 Å². The molecule has 112 valence electrons. The zero-order valence-corrected chi connectivity index (χ0v) is 14.0. The van der Waals surface area contributed by atoms with E-state index in [1.165, 1.54) is 6.07 Å². The Morgan fingerprint density at radius 3 is 2.70 bits per heavy atom. The first-order chi connectivity index (χ1) is 9.36. The highest BCUT2D eigenvalue weighted by atomic mass is 35.5. The molecule has 1 atom stereocenters. The van der Waals surface area contributed by atoms with Gasteiger partial charge in [0.2, 0.25) is 10.0 Å². The molecule has 1 unspecified atom stereocenters. The fourth-order valence-electron chi connectivity index (χ4n) is 2.62. The third kappa shape index (κ3) is 3.14. The number of piperidine rings is 1. The van der Waals surface area contributed by atoms with E-state index in [9.17, 15) is 8.42 Å². The van der Waals surface area contributed by atoms with Crippen molar-refractivity contribution in [1.29, 1.82) is 0 Å². The van der Waals surface area contributed by atoms with Gasteiger partial charge in [0.15, 0.2) is 0 Å². The number of hydrogen-bond acceptors (Lipinski definition) is 2. The van der Waals surface area contributed by atoms with Gasteiger partial charge in [-0.15, -0.1) is 11.6 Å². The molecule has 0 N–H and O–H groups in total. The molecule has 1 aliphatic heterocycles. The molecule has 1 aliphatic rings. The third-order valence-electron chi connectivity index (χ3n) is 3.81. The van der Waals surface area contributed by atoms with E-state index in [-0.39, 0.29) is 10.8 Å². The van der Waals surface area contributed by atoms with Crippen LogP contribution < -0.4 is 0 Å². The zero-order valence-electron chi connectivity index (χ0n) is 11.7. The van der Waals surface area contributed by atoms with Gasteiger partial charge in [0, 0.05) is 24.0 Å². The normalized spacial score (nSPS) is 21.1. The summed E-state index contributed by atoms with van der Waals surface area (Å²) < 4.78 is 27.2. The zero-order chi connectivity index (χ0) is 14.9. The van der Waals surface area contributed by atoms with E-state index in [0.717, 1.165) is 18.4 Å². The predicted octanol–water partition coefficient (Wildman–Crippen LogP) is 3.81. The van der Waals surface area contributed by atoms with Crippen LogP contribution in [0.4, 0.5) is 0 Å². The van der Waals surface area contributed by atoms with Crippen LogP contribution in [0.2, 0.25) is 5.02 Å². The average Bonchev–Trinajstić information content (AvgIpc) is 2.40. The van der Waals surface area contributed by atoms with E-state index in [1.807, 2.05) is 0 Å². The molecule has 20 heavy (non-hydrogen) atoms. The van der Waals surface area contributed by atoms with E-state index < -0.39 is 10.0 Å². The minimum Gasteiger partial charge on any atom is -0.207 e. The van der Waals surface area contributed by atoms with Crippen molar-refractivity contribution in [2.45, 2.75) is 37.5 Å². The number of alkyl halides is 1. The second kappa shape index (κ2) is 6.22. The fraction of sp³-hybridized carbons (Fsp3) is 0.571. The van der Waals surface area contributed by atoms with Gasteiger partial charge in [-0.05, 0) is 48.9 Å². The third-order valence-corrected chi connectivity index (χ3v) is 6.31. The van der Waals surface area contributed by atoms with Crippen LogP contribution in [0.5, 0.6) is 0 Å². The maximum Gasteiger partial charge on any atom is 0.243 e. The first-order valence-corrected chi connectivity index (χ1v) is 9.06.